The Hall–Kier alpha value is -1.87. The van der Waals surface area contributed by atoms with Gasteiger partial charge in [-0.3, -0.25) is 0 Å². The summed E-state index contributed by atoms with van der Waals surface area (Å²) in [5.74, 6) is -0.241. The topological polar surface area (TPSA) is 28.7 Å². The number of nitrogens with zero attached hydrogens (tertiary/aromatic N) is 1. The van der Waals surface area contributed by atoms with Crippen molar-refractivity contribution in [1.29, 1.82) is 0 Å². The lowest BCUT2D eigenvalue weighted by molar-refractivity contribution is 0.622. The molecular weight excluding hydrogens is 275 g/mol. The molecule has 0 amide bonds. The van der Waals surface area contributed by atoms with Gasteiger partial charge >= 0.3 is 0 Å². The van der Waals surface area contributed by atoms with Gasteiger partial charge in [0.15, 0.2) is 0 Å². The molecule has 0 saturated carbocycles. The van der Waals surface area contributed by atoms with Gasteiger partial charge in [0.25, 0.3) is 0 Å². The highest BCUT2D eigenvalue weighted by Crippen LogP contribution is 2.34. The lowest BCUT2D eigenvalue weighted by Gasteiger charge is -2.08. The highest BCUT2D eigenvalue weighted by Gasteiger charge is 2.13. The van der Waals surface area contributed by atoms with Crippen molar-refractivity contribution in [2.45, 2.75) is 20.8 Å². The third-order valence-electron chi connectivity index (χ3n) is 3.01. The van der Waals surface area contributed by atoms with Gasteiger partial charge in [-0.2, -0.15) is 0 Å². The lowest BCUT2D eigenvalue weighted by atomic mass is 10.0. The van der Waals surface area contributed by atoms with Crippen molar-refractivity contribution >= 4 is 22.6 Å². The molecule has 1 aromatic heterocycles. The van der Waals surface area contributed by atoms with E-state index in [2.05, 4.69) is 9.97 Å². The van der Waals surface area contributed by atoms with Gasteiger partial charge in [-0.15, -0.1) is 0 Å². The van der Waals surface area contributed by atoms with Crippen LogP contribution in [0.25, 0.3) is 22.2 Å². The Kier molecular flexibility index (Phi) is 4.40. The Morgan fingerprint density at radius 1 is 1.10 bits per heavy atom. The van der Waals surface area contributed by atoms with Crippen LogP contribution in [0.2, 0.25) is 5.02 Å². The normalized spacial score (nSPS) is 10.2. The molecule has 3 rings (SSSR count). The molecule has 0 saturated heterocycles. The van der Waals surface area contributed by atoms with E-state index in [4.69, 9.17) is 11.6 Å². The zero-order valence-corrected chi connectivity index (χ0v) is 12.4. The van der Waals surface area contributed by atoms with Crippen LogP contribution in [0.1, 0.15) is 19.4 Å². The van der Waals surface area contributed by atoms with Crippen molar-refractivity contribution in [3.63, 3.8) is 0 Å². The number of halogens is 2. The Morgan fingerprint density at radius 2 is 1.85 bits per heavy atom. The number of hydrogen-bond donors (Lipinski definition) is 1. The predicted molar refractivity (Wildman–Crippen MR) is 82.6 cm³/mol. The van der Waals surface area contributed by atoms with Crippen LogP contribution in [-0.2, 0) is 0 Å². The van der Waals surface area contributed by atoms with Crippen LogP contribution in [0.3, 0.4) is 0 Å². The van der Waals surface area contributed by atoms with Crippen LogP contribution in [-0.4, -0.2) is 9.97 Å². The molecule has 0 atom stereocenters. The maximum Gasteiger partial charge on any atom is 0.133 e. The number of rotatable bonds is 1. The summed E-state index contributed by atoms with van der Waals surface area (Å²) in [6, 6.07) is 8.94. The molecule has 0 spiro atoms. The van der Waals surface area contributed by atoms with E-state index in [9.17, 15) is 4.39 Å². The molecule has 0 unspecified atom stereocenters. The number of benzene rings is 2. The quantitative estimate of drug-likeness (QED) is 0.642. The van der Waals surface area contributed by atoms with Crippen LogP contribution in [0.4, 0.5) is 4.39 Å². The molecular formula is C16H16ClFN2. The third kappa shape index (κ3) is 2.41. The average Bonchev–Trinajstić information content (AvgIpc) is 2.95. The third-order valence-corrected chi connectivity index (χ3v) is 3.39. The van der Waals surface area contributed by atoms with Crippen molar-refractivity contribution in [1.82, 2.24) is 9.97 Å². The van der Waals surface area contributed by atoms with Crippen molar-refractivity contribution in [3.05, 3.63) is 53.1 Å². The van der Waals surface area contributed by atoms with E-state index < -0.39 is 0 Å². The second kappa shape index (κ2) is 6.06. The number of imidazole rings is 1. The minimum atomic E-state index is -0.241. The van der Waals surface area contributed by atoms with Gasteiger partial charge in [-0.1, -0.05) is 49.7 Å². The monoisotopic (exact) mass is 290 g/mol. The first kappa shape index (κ1) is 14.5. The summed E-state index contributed by atoms with van der Waals surface area (Å²) in [7, 11) is 0. The van der Waals surface area contributed by atoms with Crippen molar-refractivity contribution in [3.8, 4) is 11.1 Å². The highest BCUT2D eigenvalue weighted by molar-refractivity contribution is 6.37. The zero-order chi connectivity index (χ0) is 14.7. The number of aromatic nitrogens is 2. The van der Waals surface area contributed by atoms with Crippen molar-refractivity contribution in [2.75, 3.05) is 0 Å². The van der Waals surface area contributed by atoms with Crippen LogP contribution < -0.4 is 0 Å². The number of fused-ring (bicyclic) bond motifs is 1. The number of H-pyrrole nitrogens is 1. The Morgan fingerprint density at radius 3 is 2.60 bits per heavy atom. The van der Waals surface area contributed by atoms with Crippen molar-refractivity contribution in [2.24, 2.45) is 0 Å². The van der Waals surface area contributed by atoms with Gasteiger partial charge in [-0.05, 0) is 18.6 Å². The summed E-state index contributed by atoms with van der Waals surface area (Å²) in [5, 5.41) is 0.471. The largest absolute Gasteiger partial charge is 0.345 e. The van der Waals surface area contributed by atoms with Gasteiger partial charge in [0.2, 0.25) is 0 Å². The zero-order valence-electron chi connectivity index (χ0n) is 11.7. The molecule has 1 heterocycles. The summed E-state index contributed by atoms with van der Waals surface area (Å²) >= 11 is 6.29. The molecule has 3 aromatic rings. The van der Waals surface area contributed by atoms with Gasteiger partial charge in [0, 0.05) is 11.1 Å². The smallest absolute Gasteiger partial charge is 0.133 e. The second-order valence-corrected chi connectivity index (χ2v) is 4.54. The van der Waals surface area contributed by atoms with Crippen molar-refractivity contribution < 1.29 is 4.39 Å². The number of aromatic amines is 1. The first-order chi connectivity index (χ1) is 9.68. The average molecular weight is 291 g/mol. The van der Waals surface area contributed by atoms with E-state index in [0.29, 0.717) is 27.2 Å². The molecule has 4 heteroatoms. The summed E-state index contributed by atoms with van der Waals surface area (Å²) in [6.07, 6.45) is 1.58. The van der Waals surface area contributed by atoms with Gasteiger partial charge in [0.05, 0.1) is 16.9 Å². The molecule has 1 N–H and O–H groups in total. The molecule has 104 valence electrons. The molecule has 0 bridgehead atoms. The summed E-state index contributed by atoms with van der Waals surface area (Å²) < 4.78 is 14.1. The van der Waals surface area contributed by atoms with Gasteiger partial charge in [0.1, 0.15) is 11.3 Å². The molecule has 0 aliphatic carbocycles. The lowest BCUT2D eigenvalue weighted by Crippen LogP contribution is -1.89. The highest BCUT2D eigenvalue weighted by atomic mass is 35.5. The maximum absolute atomic E-state index is 14.1. The number of nitrogens with one attached hydrogen (secondary N) is 1. The Bertz CT molecular complexity index is 734. The molecule has 0 aliphatic heterocycles. The number of aryl methyl sites for hydroxylation is 1. The molecule has 20 heavy (non-hydrogen) atoms. The molecule has 2 aromatic carbocycles. The van der Waals surface area contributed by atoms with E-state index >= 15 is 0 Å². The molecule has 0 radical (unpaired) electrons. The molecule has 0 aliphatic rings. The summed E-state index contributed by atoms with van der Waals surface area (Å²) in [6.45, 7) is 5.74. The van der Waals surface area contributed by atoms with Crippen LogP contribution in [0.15, 0.2) is 36.7 Å². The fourth-order valence-corrected chi connectivity index (χ4v) is 2.35. The summed E-state index contributed by atoms with van der Waals surface area (Å²) in [5.41, 5.74) is 3.28. The second-order valence-electron chi connectivity index (χ2n) is 4.16. The fraction of sp³-hybridized carbons (Fsp3) is 0.188. The van der Waals surface area contributed by atoms with Crippen LogP contribution in [0, 0.1) is 12.7 Å². The van der Waals surface area contributed by atoms with Crippen LogP contribution >= 0.6 is 11.6 Å². The first-order valence-corrected chi connectivity index (χ1v) is 6.93. The van der Waals surface area contributed by atoms with E-state index in [1.54, 1.807) is 31.5 Å². The van der Waals surface area contributed by atoms with Gasteiger partial charge in [-0.25, -0.2) is 9.37 Å². The maximum atomic E-state index is 14.1. The van der Waals surface area contributed by atoms with Crippen LogP contribution in [0.5, 0.6) is 0 Å². The molecule has 2 nitrogen and oxygen atoms in total. The Labute approximate surface area is 122 Å². The van der Waals surface area contributed by atoms with E-state index in [-0.39, 0.29) is 5.82 Å². The summed E-state index contributed by atoms with van der Waals surface area (Å²) in [4.78, 5) is 7.12. The Balaban J connectivity index is 0.000000704. The van der Waals surface area contributed by atoms with E-state index in [1.807, 2.05) is 26.0 Å². The fourth-order valence-electron chi connectivity index (χ4n) is 2.04. The standard InChI is InChI=1S/C14H10ClFN2.C2H6/c1-8-3-2-4-10(13(8)16)9-5-6-11-14(12(9)15)18-7-17-11;1-2/h2-7H,1H3,(H,17,18);1-2H3. The van der Waals surface area contributed by atoms with E-state index in [1.165, 1.54) is 0 Å². The van der Waals surface area contributed by atoms with Gasteiger partial charge < -0.3 is 4.98 Å². The van der Waals surface area contributed by atoms with E-state index in [0.717, 1.165) is 5.52 Å². The molecule has 0 fully saturated rings. The minimum Gasteiger partial charge on any atom is -0.345 e. The first-order valence-electron chi connectivity index (χ1n) is 6.55. The number of hydrogen-bond acceptors (Lipinski definition) is 1. The predicted octanol–water partition coefficient (Wildman–Crippen LogP) is 5.36. The minimum absolute atomic E-state index is 0.241. The SMILES string of the molecule is CC.Cc1cccc(-c2ccc3[nH]cnc3c2Cl)c1F.